The van der Waals surface area contributed by atoms with Gasteiger partial charge in [-0.05, 0) is 44.9 Å². The third-order valence-electron chi connectivity index (χ3n) is 14.3. The molecule has 408 valence electrons. The Morgan fingerprint density at radius 3 is 0.725 bits per heavy atom. The van der Waals surface area contributed by atoms with Gasteiger partial charge in [-0.3, -0.25) is 14.4 Å². The molecule has 6 nitrogen and oxygen atoms in total. The Balaban J connectivity index is 4.25. The second-order valence-electron chi connectivity index (χ2n) is 21.3. The van der Waals surface area contributed by atoms with Crippen LogP contribution in [0, 0.1) is 0 Å². The van der Waals surface area contributed by atoms with Gasteiger partial charge in [0.25, 0.3) is 0 Å². The van der Waals surface area contributed by atoms with Gasteiger partial charge < -0.3 is 14.2 Å². The van der Waals surface area contributed by atoms with Crippen LogP contribution in [0.15, 0.2) is 12.2 Å². The predicted octanol–water partition coefficient (Wildman–Crippen LogP) is 20.9. The highest BCUT2D eigenvalue weighted by atomic mass is 16.6. The molecule has 0 aliphatic rings. The topological polar surface area (TPSA) is 78.9 Å². The normalized spacial score (nSPS) is 12.0. The van der Waals surface area contributed by atoms with Gasteiger partial charge in [-0.25, -0.2) is 0 Å². The molecule has 0 spiro atoms. The average molecular weight is 974 g/mol. The first kappa shape index (κ1) is 67.1. The van der Waals surface area contributed by atoms with E-state index >= 15 is 0 Å². The molecule has 0 heterocycles. The van der Waals surface area contributed by atoms with E-state index in [-0.39, 0.29) is 31.1 Å². The van der Waals surface area contributed by atoms with E-state index in [1.54, 1.807) is 0 Å². The van der Waals surface area contributed by atoms with Crippen molar-refractivity contribution >= 4 is 17.9 Å². The van der Waals surface area contributed by atoms with E-state index in [0.717, 1.165) is 57.8 Å². The second kappa shape index (κ2) is 58.7. The molecule has 0 saturated carbocycles. The molecule has 1 atom stereocenters. The van der Waals surface area contributed by atoms with Crippen LogP contribution in [0.1, 0.15) is 355 Å². The van der Waals surface area contributed by atoms with Crippen molar-refractivity contribution in [1.29, 1.82) is 0 Å². The Kier molecular flexibility index (Phi) is 57.1. The van der Waals surface area contributed by atoms with E-state index in [9.17, 15) is 14.4 Å². The maximum absolute atomic E-state index is 12.9. The van der Waals surface area contributed by atoms with Crippen molar-refractivity contribution in [2.45, 2.75) is 361 Å². The summed E-state index contributed by atoms with van der Waals surface area (Å²) >= 11 is 0. The Morgan fingerprint density at radius 1 is 0.275 bits per heavy atom. The number of allylic oxidation sites excluding steroid dienone is 2. The quantitative estimate of drug-likeness (QED) is 0.0261. The van der Waals surface area contributed by atoms with Crippen molar-refractivity contribution in [1.82, 2.24) is 0 Å². The number of hydrogen-bond acceptors (Lipinski definition) is 6. The number of esters is 3. The Labute approximate surface area is 431 Å². The summed E-state index contributed by atoms with van der Waals surface area (Å²) in [5.41, 5.74) is 0. The summed E-state index contributed by atoms with van der Waals surface area (Å²) < 4.78 is 16.9. The van der Waals surface area contributed by atoms with Gasteiger partial charge in [0.1, 0.15) is 13.2 Å². The summed E-state index contributed by atoms with van der Waals surface area (Å²) in [4.78, 5) is 38.2. The lowest BCUT2D eigenvalue weighted by atomic mass is 10.0. The standard InChI is InChI=1S/C63H120O6/c1-4-7-10-13-16-19-22-25-27-29-30-31-32-34-36-39-41-44-47-50-53-56-62(65)68-59-60(69-63(66)57-54-51-48-45-42-37-24-21-18-15-12-9-6-3)58-67-61(64)55-52-49-46-43-40-38-35-33-28-26-23-20-17-14-11-8-5-2/h25,27,60H,4-24,26,28-59H2,1-3H3/b27-25-/t60-/m0/s1. The fourth-order valence-electron chi connectivity index (χ4n) is 9.56. The van der Waals surface area contributed by atoms with E-state index in [2.05, 4.69) is 32.9 Å². The number of carbonyl (C=O) groups is 3. The predicted molar refractivity (Wildman–Crippen MR) is 298 cm³/mol. The van der Waals surface area contributed by atoms with Gasteiger partial charge >= 0.3 is 17.9 Å². The molecule has 0 rings (SSSR count). The van der Waals surface area contributed by atoms with Gasteiger partial charge in [0.15, 0.2) is 6.10 Å². The van der Waals surface area contributed by atoms with Gasteiger partial charge in [-0.15, -0.1) is 0 Å². The molecule has 0 aromatic heterocycles. The molecule has 0 aromatic rings. The lowest BCUT2D eigenvalue weighted by Crippen LogP contribution is -2.30. The van der Waals surface area contributed by atoms with Crippen LogP contribution in [0.5, 0.6) is 0 Å². The fourth-order valence-corrected chi connectivity index (χ4v) is 9.56. The van der Waals surface area contributed by atoms with Crippen molar-refractivity contribution in [3.63, 3.8) is 0 Å². The summed E-state index contributed by atoms with van der Waals surface area (Å²) in [6.07, 6.45) is 67.8. The molecular weight excluding hydrogens is 853 g/mol. The largest absolute Gasteiger partial charge is 0.462 e. The highest BCUT2D eigenvalue weighted by Crippen LogP contribution is 2.18. The van der Waals surface area contributed by atoms with Crippen LogP contribution >= 0.6 is 0 Å². The molecule has 0 aliphatic carbocycles. The Bertz CT molecular complexity index is 1070. The highest BCUT2D eigenvalue weighted by Gasteiger charge is 2.19. The summed E-state index contributed by atoms with van der Waals surface area (Å²) in [5, 5.41) is 0. The van der Waals surface area contributed by atoms with Crippen LogP contribution in [-0.4, -0.2) is 37.2 Å². The minimum absolute atomic E-state index is 0.0634. The molecule has 0 N–H and O–H groups in total. The van der Waals surface area contributed by atoms with Crippen LogP contribution < -0.4 is 0 Å². The van der Waals surface area contributed by atoms with Crippen LogP contribution in [0.25, 0.3) is 0 Å². The van der Waals surface area contributed by atoms with Crippen LogP contribution in [-0.2, 0) is 28.6 Å². The molecule has 0 saturated heterocycles. The van der Waals surface area contributed by atoms with Gasteiger partial charge in [0.05, 0.1) is 0 Å². The minimum atomic E-state index is -0.764. The molecule has 0 amide bonds. The van der Waals surface area contributed by atoms with Crippen molar-refractivity contribution in [2.75, 3.05) is 13.2 Å². The summed E-state index contributed by atoms with van der Waals surface area (Å²) in [5.74, 6) is -0.835. The zero-order valence-electron chi connectivity index (χ0n) is 46.9. The molecule has 0 bridgehead atoms. The number of hydrogen-bond donors (Lipinski definition) is 0. The highest BCUT2D eigenvalue weighted by molar-refractivity contribution is 5.71. The third kappa shape index (κ3) is 56.9. The van der Waals surface area contributed by atoms with Gasteiger partial charge in [0, 0.05) is 19.3 Å². The molecule has 0 aliphatic heterocycles. The van der Waals surface area contributed by atoms with Crippen molar-refractivity contribution in [3.8, 4) is 0 Å². The number of carbonyl (C=O) groups excluding carboxylic acids is 3. The second-order valence-corrected chi connectivity index (χ2v) is 21.3. The number of ether oxygens (including phenoxy) is 3. The summed E-state index contributed by atoms with van der Waals surface area (Å²) in [7, 11) is 0. The maximum Gasteiger partial charge on any atom is 0.306 e. The lowest BCUT2D eigenvalue weighted by Gasteiger charge is -2.18. The molecule has 69 heavy (non-hydrogen) atoms. The first-order valence-electron chi connectivity index (χ1n) is 31.2. The average Bonchev–Trinajstić information content (AvgIpc) is 3.35. The summed E-state index contributed by atoms with van der Waals surface area (Å²) in [6, 6.07) is 0. The zero-order valence-corrected chi connectivity index (χ0v) is 46.9. The monoisotopic (exact) mass is 973 g/mol. The summed E-state index contributed by atoms with van der Waals surface area (Å²) in [6.45, 7) is 6.70. The maximum atomic E-state index is 12.9. The minimum Gasteiger partial charge on any atom is -0.462 e. The molecule has 0 fully saturated rings. The smallest absolute Gasteiger partial charge is 0.306 e. The molecular formula is C63H120O6. The molecule has 0 aromatic carbocycles. The third-order valence-corrected chi connectivity index (χ3v) is 14.3. The number of unbranched alkanes of at least 4 members (excludes halogenated alkanes) is 45. The first-order chi connectivity index (χ1) is 34.0. The van der Waals surface area contributed by atoms with Crippen LogP contribution in [0.4, 0.5) is 0 Å². The van der Waals surface area contributed by atoms with E-state index in [0.29, 0.717) is 19.3 Å². The molecule has 0 unspecified atom stereocenters. The lowest BCUT2D eigenvalue weighted by molar-refractivity contribution is -0.167. The number of rotatable bonds is 58. The molecule has 6 heteroatoms. The first-order valence-corrected chi connectivity index (χ1v) is 31.2. The SMILES string of the molecule is CCCCCCCC/C=C\CCCCCCCCCCCCCC(=O)OC[C@H](COC(=O)CCCCCCCCCCCCCCCCCCC)OC(=O)CCCCCCCCCCCCCCC. The van der Waals surface area contributed by atoms with E-state index in [1.807, 2.05) is 0 Å². The van der Waals surface area contributed by atoms with Gasteiger partial charge in [0.2, 0.25) is 0 Å². The van der Waals surface area contributed by atoms with E-state index < -0.39 is 6.10 Å². The van der Waals surface area contributed by atoms with Crippen LogP contribution in [0.3, 0.4) is 0 Å². The van der Waals surface area contributed by atoms with Crippen molar-refractivity contribution in [2.24, 2.45) is 0 Å². The fraction of sp³-hybridized carbons (Fsp3) is 0.921. The Morgan fingerprint density at radius 2 is 0.478 bits per heavy atom. The van der Waals surface area contributed by atoms with Crippen molar-refractivity contribution in [3.05, 3.63) is 12.2 Å². The van der Waals surface area contributed by atoms with Crippen LogP contribution in [0.2, 0.25) is 0 Å². The van der Waals surface area contributed by atoms with E-state index in [1.165, 1.54) is 257 Å². The zero-order chi connectivity index (χ0) is 50.0. The van der Waals surface area contributed by atoms with Crippen molar-refractivity contribution < 1.29 is 28.6 Å². The molecule has 0 radical (unpaired) electrons. The van der Waals surface area contributed by atoms with Gasteiger partial charge in [-0.1, -0.05) is 303 Å². The Hall–Kier alpha value is -1.85. The van der Waals surface area contributed by atoms with Gasteiger partial charge in [-0.2, -0.15) is 0 Å². The van der Waals surface area contributed by atoms with E-state index in [4.69, 9.17) is 14.2 Å².